The van der Waals surface area contributed by atoms with Gasteiger partial charge in [-0.3, -0.25) is 4.79 Å². The molecule has 3 nitrogen and oxygen atoms in total. The molecule has 1 atom stereocenters. The third kappa shape index (κ3) is 4.10. The Bertz CT molecular complexity index is 474. The Labute approximate surface area is 127 Å². The van der Waals surface area contributed by atoms with Crippen LogP contribution in [0.25, 0.3) is 0 Å². The van der Waals surface area contributed by atoms with Gasteiger partial charge in [-0.25, -0.2) is 0 Å². The molecule has 21 heavy (non-hydrogen) atoms. The van der Waals surface area contributed by atoms with Crippen LogP contribution in [0.5, 0.6) is 0 Å². The van der Waals surface area contributed by atoms with Gasteiger partial charge in [0.15, 0.2) is 0 Å². The fourth-order valence-corrected chi connectivity index (χ4v) is 3.13. The molecule has 2 rings (SSSR count). The van der Waals surface area contributed by atoms with E-state index in [1.165, 1.54) is 18.4 Å². The highest BCUT2D eigenvalue weighted by Gasteiger charge is 2.26. The second kappa shape index (κ2) is 7.30. The monoisotopic (exact) mass is 286 g/mol. The molecular weight excluding hydrogens is 260 g/mol. The van der Waals surface area contributed by atoms with Gasteiger partial charge in [0.2, 0.25) is 5.91 Å². The Hall–Kier alpha value is -1.77. The molecule has 2 N–H and O–H groups in total. The van der Waals surface area contributed by atoms with Gasteiger partial charge in [0.1, 0.15) is 0 Å². The van der Waals surface area contributed by atoms with Crippen molar-refractivity contribution in [3.63, 3.8) is 0 Å². The van der Waals surface area contributed by atoms with Crippen molar-refractivity contribution in [3.05, 3.63) is 42.5 Å². The summed E-state index contributed by atoms with van der Waals surface area (Å²) in [5, 5.41) is 0. The lowest BCUT2D eigenvalue weighted by Crippen LogP contribution is -2.39. The summed E-state index contributed by atoms with van der Waals surface area (Å²) < 4.78 is 0. The van der Waals surface area contributed by atoms with Gasteiger partial charge >= 0.3 is 0 Å². The molecule has 1 fully saturated rings. The van der Waals surface area contributed by atoms with Crippen LogP contribution in [0.1, 0.15) is 50.5 Å². The number of carbonyl (C=O) groups is 1. The lowest BCUT2D eigenvalue weighted by atomic mass is 9.96. The average molecular weight is 286 g/mol. The van der Waals surface area contributed by atoms with Crippen molar-refractivity contribution in [2.24, 2.45) is 0 Å². The van der Waals surface area contributed by atoms with Crippen molar-refractivity contribution in [2.75, 3.05) is 12.3 Å². The molecule has 1 aromatic rings. The molecule has 0 aromatic heterocycles. The van der Waals surface area contributed by atoms with E-state index >= 15 is 0 Å². The van der Waals surface area contributed by atoms with Gasteiger partial charge in [-0.1, -0.05) is 38.0 Å². The minimum Gasteiger partial charge on any atom is -0.399 e. The van der Waals surface area contributed by atoms with Crippen molar-refractivity contribution < 1.29 is 4.79 Å². The maximum Gasteiger partial charge on any atom is 0.223 e. The van der Waals surface area contributed by atoms with Crippen LogP contribution in [0.2, 0.25) is 0 Å². The number of benzene rings is 1. The quantitative estimate of drug-likeness (QED) is 0.640. The molecule has 3 heteroatoms. The first kappa shape index (κ1) is 15.6. The normalized spacial score (nSPS) is 16.6. The third-order valence-electron chi connectivity index (χ3n) is 4.40. The lowest BCUT2D eigenvalue weighted by Gasteiger charge is -2.29. The molecule has 1 saturated carbocycles. The van der Waals surface area contributed by atoms with E-state index in [1.54, 1.807) is 0 Å². The van der Waals surface area contributed by atoms with Gasteiger partial charge in [0.05, 0.1) is 0 Å². The van der Waals surface area contributed by atoms with Crippen LogP contribution < -0.4 is 5.73 Å². The second-order valence-electron chi connectivity index (χ2n) is 6.04. The zero-order valence-electron chi connectivity index (χ0n) is 12.9. The second-order valence-corrected chi connectivity index (χ2v) is 6.04. The van der Waals surface area contributed by atoms with Crippen LogP contribution in [0.3, 0.4) is 0 Å². The van der Waals surface area contributed by atoms with Gasteiger partial charge in [-0.05, 0) is 36.5 Å². The highest BCUT2D eigenvalue weighted by Crippen LogP contribution is 2.26. The first-order valence-corrected chi connectivity index (χ1v) is 7.87. The average Bonchev–Trinajstić information content (AvgIpc) is 2.99. The lowest BCUT2D eigenvalue weighted by molar-refractivity contribution is -0.133. The number of nitrogen functional groups attached to an aromatic ring is 1. The molecule has 0 saturated heterocycles. The minimum atomic E-state index is 0.215. The predicted octanol–water partition coefficient (Wildman–Crippen LogP) is 3.72. The largest absolute Gasteiger partial charge is 0.399 e. The van der Waals surface area contributed by atoms with Crippen LogP contribution >= 0.6 is 0 Å². The van der Waals surface area contributed by atoms with Gasteiger partial charge in [0.25, 0.3) is 0 Å². The number of nitrogens with two attached hydrogens (primary N) is 1. The molecule has 1 aromatic carbocycles. The van der Waals surface area contributed by atoms with Crippen molar-refractivity contribution in [1.82, 2.24) is 4.90 Å². The number of nitrogens with zero attached hydrogens (tertiary/aromatic N) is 1. The molecule has 1 amide bonds. The van der Waals surface area contributed by atoms with Crippen LogP contribution in [0, 0.1) is 0 Å². The van der Waals surface area contributed by atoms with E-state index in [0.29, 0.717) is 19.0 Å². The molecule has 0 radical (unpaired) electrons. The number of hydrogen-bond donors (Lipinski definition) is 1. The molecular formula is C18H26N2O. The Morgan fingerprint density at radius 3 is 2.57 bits per heavy atom. The summed E-state index contributed by atoms with van der Waals surface area (Å²) in [5.41, 5.74) is 7.64. The number of amides is 1. The predicted molar refractivity (Wildman–Crippen MR) is 88.1 cm³/mol. The van der Waals surface area contributed by atoms with Gasteiger partial charge in [-0.15, -0.1) is 6.58 Å². The highest BCUT2D eigenvalue weighted by molar-refractivity contribution is 5.77. The van der Waals surface area contributed by atoms with Gasteiger partial charge < -0.3 is 10.6 Å². The van der Waals surface area contributed by atoms with Crippen LogP contribution in [0.4, 0.5) is 5.69 Å². The maximum absolute atomic E-state index is 12.6. The summed E-state index contributed by atoms with van der Waals surface area (Å²) in [6, 6.07) is 8.24. The smallest absolute Gasteiger partial charge is 0.223 e. The first-order chi connectivity index (χ1) is 10.1. The zero-order chi connectivity index (χ0) is 15.2. The molecule has 0 spiro atoms. The zero-order valence-corrected chi connectivity index (χ0v) is 12.9. The van der Waals surface area contributed by atoms with E-state index in [9.17, 15) is 4.79 Å². The summed E-state index contributed by atoms with van der Waals surface area (Å²) in [4.78, 5) is 14.6. The fraction of sp³-hybridized carbons (Fsp3) is 0.500. The summed E-state index contributed by atoms with van der Waals surface area (Å²) >= 11 is 0. The Morgan fingerprint density at radius 1 is 1.38 bits per heavy atom. The van der Waals surface area contributed by atoms with E-state index in [-0.39, 0.29) is 11.8 Å². The molecule has 1 aliphatic carbocycles. The number of carbonyl (C=O) groups excluding carboxylic acids is 1. The first-order valence-electron chi connectivity index (χ1n) is 7.87. The highest BCUT2D eigenvalue weighted by atomic mass is 16.2. The van der Waals surface area contributed by atoms with Crippen molar-refractivity contribution >= 4 is 11.6 Å². The number of rotatable bonds is 6. The molecule has 0 heterocycles. The molecule has 0 aliphatic heterocycles. The molecule has 1 aliphatic rings. The van der Waals surface area contributed by atoms with Crippen molar-refractivity contribution in [2.45, 2.75) is 51.0 Å². The van der Waals surface area contributed by atoms with Crippen LogP contribution in [0.15, 0.2) is 36.9 Å². The Morgan fingerprint density at radius 2 is 2.00 bits per heavy atom. The summed E-state index contributed by atoms with van der Waals surface area (Å²) in [7, 11) is 0. The molecule has 1 unspecified atom stereocenters. The topological polar surface area (TPSA) is 46.3 Å². The van der Waals surface area contributed by atoms with E-state index in [1.807, 2.05) is 35.2 Å². The van der Waals surface area contributed by atoms with Crippen LogP contribution in [-0.2, 0) is 4.79 Å². The number of hydrogen-bond acceptors (Lipinski definition) is 2. The van der Waals surface area contributed by atoms with E-state index in [0.717, 1.165) is 18.5 Å². The van der Waals surface area contributed by atoms with E-state index in [4.69, 9.17) is 5.73 Å². The Balaban J connectivity index is 2.00. The van der Waals surface area contributed by atoms with Gasteiger partial charge in [0, 0.05) is 24.7 Å². The molecule has 0 bridgehead atoms. The summed E-state index contributed by atoms with van der Waals surface area (Å²) in [5.74, 6) is 0.456. The SMILES string of the molecule is C=CCN(C(=O)CC(C)c1ccc(N)cc1)C1CCCC1. The van der Waals surface area contributed by atoms with Crippen molar-refractivity contribution in [3.8, 4) is 0 Å². The van der Waals surface area contributed by atoms with Crippen LogP contribution in [-0.4, -0.2) is 23.4 Å². The van der Waals surface area contributed by atoms with E-state index < -0.39 is 0 Å². The standard InChI is InChI=1S/C18H26N2O/c1-3-12-20(17-6-4-5-7-17)18(21)13-14(2)15-8-10-16(19)11-9-15/h3,8-11,14,17H,1,4-7,12-13,19H2,2H3. The molecule has 114 valence electrons. The Kier molecular flexibility index (Phi) is 5.43. The maximum atomic E-state index is 12.6. The fourth-order valence-electron chi connectivity index (χ4n) is 3.13. The van der Waals surface area contributed by atoms with E-state index in [2.05, 4.69) is 13.5 Å². The summed E-state index contributed by atoms with van der Waals surface area (Å²) in [6.07, 6.45) is 7.13. The third-order valence-corrected chi connectivity index (χ3v) is 4.40. The minimum absolute atomic E-state index is 0.215. The van der Waals surface area contributed by atoms with Gasteiger partial charge in [-0.2, -0.15) is 0 Å². The summed E-state index contributed by atoms with van der Waals surface area (Å²) in [6.45, 7) is 6.56. The number of anilines is 1. The van der Waals surface area contributed by atoms with Crippen molar-refractivity contribution in [1.29, 1.82) is 0 Å².